The molecule has 0 bridgehead atoms. The molecule has 2 saturated heterocycles. The summed E-state index contributed by atoms with van der Waals surface area (Å²) in [5.74, 6) is 0.717. The van der Waals surface area contributed by atoms with Crippen molar-refractivity contribution in [2.75, 3.05) is 26.3 Å². The molecule has 2 heterocycles. The summed E-state index contributed by atoms with van der Waals surface area (Å²) in [5, 5.41) is 0. The minimum absolute atomic E-state index is 0.313. The standard InChI is InChI=1S/C12H18NO2/c14-11(10-4-2-1-3-5-10)13-6-12(7-13)8-15-9-12/h1,10H,2-9H2. The first-order valence-electron chi connectivity index (χ1n) is 5.97. The highest BCUT2D eigenvalue weighted by Crippen LogP contribution is 2.39. The summed E-state index contributed by atoms with van der Waals surface area (Å²) in [5.41, 5.74) is 0.371. The van der Waals surface area contributed by atoms with Crippen molar-refractivity contribution >= 4 is 5.91 Å². The number of nitrogens with zero attached hydrogens (tertiary/aromatic N) is 1. The largest absolute Gasteiger partial charge is 0.380 e. The van der Waals surface area contributed by atoms with Gasteiger partial charge in [-0.1, -0.05) is 0 Å². The Bertz CT molecular complexity index is 259. The molecule has 0 unspecified atom stereocenters. The number of hydrogen-bond donors (Lipinski definition) is 0. The molecule has 3 rings (SSSR count). The molecule has 15 heavy (non-hydrogen) atoms. The first-order valence-corrected chi connectivity index (χ1v) is 5.97. The molecular weight excluding hydrogens is 190 g/mol. The van der Waals surface area contributed by atoms with Crippen molar-refractivity contribution in [3.8, 4) is 0 Å². The summed E-state index contributed by atoms with van der Waals surface area (Å²) < 4.78 is 5.21. The van der Waals surface area contributed by atoms with Gasteiger partial charge in [-0.25, -0.2) is 0 Å². The molecule has 3 nitrogen and oxygen atoms in total. The van der Waals surface area contributed by atoms with Crippen molar-refractivity contribution in [2.45, 2.75) is 25.7 Å². The minimum Gasteiger partial charge on any atom is -0.380 e. The lowest BCUT2D eigenvalue weighted by atomic mass is 9.76. The maximum Gasteiger partial charge on any atom is 0.225 e. The van der Waals surface area contributed by atoms with Crippen molar-refractivity contribution in [2.24, 2.45) is 11.3 Å². The first kappa shape index (κ1) is 9.64. The summed E-state index contributed by atoms with van der Waals surface area (Å²) in [6.45, 7) is 3.64. The Morgan fingerprint density at radius 3 is 2.47 bits per heavy atom. The summed E-state index contributed by atoms with van der Waals surface area (Å²) in [6.07, 6.45) is 6.69. The summed E-state index contributed by atoms with van der Waals surface area (Å²) in [4.78, 5) is 14.1. The Labute approximate surface area is 90.8 Å². The summed E-state index contributed by atoms with van der Waals surface area (Å²) in [7, 11) is 0. The van der Waals surface area contributed by atoms with Gasteiger partial charge in [-0.05, 0) is 32.1 Å². The fourth-order valence-electron chi connectivity index (χ4n) is 2.92. The fourth-order valence-corrected chi connectivity index (χ4v) is 2.92. The van der Waals surface area contributed by atoms with Crippen LogP contribution < -0.4 is 0 Å². The van der Waals surface area contributed by atoms with Crippen molar-refractivity contribution in [3.05, 3.63) is 6.42 Å². The normalized spacial score (nSPS) is 29.7. The van der Waals surface area contributed by atoms with Gasteiger partial charge in [0.2, 0.25) is 5.91 Å². The third-order valence-corrected chi connectivity index (χ3v) is 3.97. The number of likely N-dealkylation sites (tertiary alicyclic amines) is 1. The molecule has 0 atom stereocenters. The Kier molecular flexibility index (Phi) is 2.23. The van der Waals surface area contributed by atoms with Gasteiger partial charge in [0.05, 0.1) is 18.6 Å². The van der Waals surface area contributed by atoms with E-state index >= 15 is 0 Å². The van der Waals surface area contributed by atoms with Crippen LogP contribution in [-0.4, -0.2) is 37.1 Å². The molecule has 3 aliphatic rings. The van der Waals surface area contributed by atoms with E-state index in [1.807, 2.05) is 4.90 Å². The van der Waals surface area contributed by atoms with E-state index in [2.05, 4.69) is 6.42 Å². The highest BCUT2D eigenvalue weighted by molar-refractivity contribution is 5.80. The zero-order valence-corrected chi connectivity index (χ0v) is 9.08. The van der Waals surface area contributed by atoms with Crippen LogP contribution >= 0.6 is 0 Å². The van der Waals surface area contributed by atoms with E-state index in [9.17, 15) is 4.79 Å². The third-order valence-electron chi connectivity index (χ3n) is 3.97. The zero-order valence-electron chi connectivity index (χ0n) is 9.08. The van der Waals surface area contributed by atoms with Crippen molar-refractivity contribution in [1.82, 2.24) is 4.90 Å². The van der Waals surface area contributed by atoms with Crippen LogP contribution in [0.25, 0.3) is 0 Å². The van der Waals surface area contributed by atoms with Gasteiger partial charge in [0.25, 0.3) is 0 Å². The molecule has 3 heteroatoms. The average molecular weight is 208 g/mol. The molecule has 1 amide bonds. The van der Waals surface area contributed by atoms with E-state index in [1.54, 1.807) is 0 Å². The number of carbonyl (C=O) groups excluding carboxylic acids is 1. The lowest BCUT2D eigenvalue weighted by Crippen LogP contribution is -2.67. The second-order valence-electron chi connectivity index (χ2n) is 5.33. The Morgan fingerprint density at radius 2 is 1.93 bits per heavy atom. The van der Waals surface area contributed by atoms with Gasteiger partial charge in [-0.15, -0.1) is 0 Å². The molecule has 1 aliphatic carbocycles. The van der Waals surface area contributed by atoms with Crippen LogP contribution in [0.3, 0.4) is 0 Å². The molecule has 0 N–H and O–H groups in total. The summed E-state index contributed by atoms with van der Waals surface area (Å²) in [6, 6.07) is 0. The minimum atomic E-state index is 0.313. The smallest absolute Gasteiger partial charge is 0.225 e. The SMILES string of the molecule is O=C(C1CC[CH]CC1)N1CC2(COC2)C1. The van der Waals surface area contributed by atoms with Gasteiger partial charge >= 0.3 is 0 Å². The van der Waals surface area contributed by atoms with Crippen LogP contribution in [0.2, 0.25) is 0 Å². The van der Waals surface area contributed by atoms with E-state index in [-0.39, 0.29) is 0 Å². The topological polar surface area (TPSA) is 29.5 Å². The molecule has 0 aromatic rings. The molecule has 83 valence electrons. The second-order valence-corrected chi connectivity index (χ2v) is 5.33. The number of amides is 1. The van der Waals surface area contributed by atoms with E-state index < -0.39 is 0 Å². The molecule has 2 aliphatic heterocycles. The van der Waals surface area contributed by atoms with Crippen LogP contribution in [-0.2, 0) is 9.53 Å². The Morgan fingerprint density at radius 1 is 1.27 bits per heavy atom. The maximum absolute atomic E-state index is 12.1. The molecule has 3 fully saturated rings. The average Bonchev–Trinajstić information content (AvgIpc) is 2.14. The van der Waals surface area contributed by atoms with Crippen LogP contribution in [0.15, 0.2) is 0 Å². The van der Waals surface area contributed by atoms with Crippen LogP contribution in [0.4, 0.5) is 0 Å². The van der Waals surface area contributed by atoms with Crippen LogP contribution in [0.5, 0.6) is 0 Å². The van der Waals surface area contributed by atoms with E-state index in [1.165, 1.54) is 0 Å². The van der Waals surface area contributed by atoms with Crippen LogP contribution in [0, 0.1) is 17.8 Å². The quantitative estimate of drug-likeness (QED) is 0.649. The molecule has 1 spiro atoms. The van der Waals surface area contributed by atoms with Crippen LogP contribution in [0.1, 0.15) is 25.7 Å². The summed E-state index contributed by atoms with van der Waals surface area (Å²) >= 11 is 0. The molecule has 0 aromatic heterocycles. The highest BCUT2D eigenvalue weighted by atomic mass is 16.5. The first-order chi connectivity index (χ1) is 7.29. The van der Waals surface area contributed by atoms with E-state index in [0.717, 1.165) is 52.0 Å². The van der Waals surface area contributed by atoms with Gasteiger partial charge in [-0.3, -0.25) is 4.79 Å². The predicted octanol–water partition coefficient (Wildman–Crippen LogP) is 1.24. The molecule has 1 saturated carbocycles. The number of rotatable bonds is 1. The lowest BCUT2D eigenvalue weighted by molar-refractivity contribution is -0.197. The third kappa shape index (κ3) is 1.57. The fraction of sp³-hybridized carbons (Fsp3) is 0.833. The second kappa shape index (κ2) is 3.48. The predicted molar refractivity (Wildman–Crippen MR) is 56.1 cm³/mol. The van der Waals surface area contributed by atoms with Gasteiger partial charge in [0.1, 0.15) is 0 Å². The number of ether oxygens (including phenoxy) is 1. The zero-order chi connectivity index (χ0) is 10.3. The van der Waals surface area contributed by atoms with Crippen molar-refractivity contribution < 1.29 is 9.53 Å². The Hall–Kier alpha value is -0.570. The molecule has 1 radical (unpaired) electrons. The van der Waals surface area contributed by atoms with E-state index in [4.69, 9.17) is 4.74 Å². The van der Waals surface area contributed by atoms with E-state index in [0.29, 0.717) is 17.2 Å². The number of hydrogen-bond acceptors (Lipinski definition) is 2. The molecule has 0 aromatic carbocycles. The van der Waals surface area contributed by atoms with Crippen molar-refractivity contribution in [1.29, 1.82) is 0 Å². The van der Waals surface area contributed by atoms with Crippen molar-refractivity contribution in [3.63, 3.8) is 0 Å². The van der Waals surface area contributed by atoms with Gasteiger partial charge in [-0.2, -0.15) is 0 Å². The number of carbonyl (C=O) groups is 1. The Balaban J connectivity index is 1.52. The highest BCUT2D eigenvalue weighted by Gasteiger charge is 2.51. The monoisotopic (exact) mass is 208 g/mol. The van der Waals surface area contributed by atoms with Gasteiger partial charge < -0.3 is 9.64 Å². The van der Waals surface area contributed by atoms with Gasteiger partial charge in [0, 0.05) is 19.0 Å². The lowest BCUT2D eigenvalue weighted by Gasteiger charge is -2.55. The molecular formula is C12H18NO2. The van der Waals surface area contributed by atoms with Gasteiger partial charge in [0.15, 0.2) is 0 Å². The maximum atomic E-state index is 12.1.